The van der Waals surface area contributed by atoms with Gasteiger partial charge < -0.3 is 15.6 Å². The predicted octanol–water partition coefficient (Wildman–Crippen LogP) is 0.496. The molecule has 1 atom stereocenters. The number of aromatic hydroxyl groups is 1. The quantitative estimate of drug-likeness (QED) is 0.716. The Kier molecular flexibility index (Phi) is 2.37. The minimum absolute atomic E-state index is 0.0683. The number of hydrogen-bond donors (Lipinski definition) is 2. The fraction of sp³-hybridized carbons (Fsp3) is 0.300. The van der Waals surface area contributed by atoms with Crippen LogP contribution in [-0.2, 0) is 4.74 Å². The molecule has 0 radical (unpaired) electrons. The van der Waals surface area contributed by atoms with Crippen LogP contribution in [0.3, 0.4) is 0 Å². The maximum atomic E-state index is 9.10. The molecule has 4 heteroatoms. The van der Waals surface area contributed by atoms with Crippen molar-refractivity contribution in [3.63, 3.8) is 0 Å². The summed E-state index contributed by atoms with van der Waals surface area (Å²) in [4.78, 5) is 4.29. The zero-order valence-corrected chi connectivity index (χ0v) is 7.68. The number of hydrogen-bond acceptors (Lipinski definition) is 4. The molecule has 0 aliphatic carbocycles. The zero-order valence-electron chi connectivity index (χ0n) is 7.68. The lowest BCUT2D eigenvalue weighted by Crippen LogP contribution is -2.18. The van der Waals surface area contributed by atoms with Crippen LogP contribution in [0.15, 0.2) is 29.3 Å². The van der Waals surface area contributed by atoms with Gasteiger partial charge in [-0.25, -0.2) is 4.99 Å². The molecule has 0 aromatic heterocycles. The normalized spacial score (nSPS) is 20.4. The molecule has 1 aromatic rings. The van der Waals surface area contributed by atoms with Gasteiger partial charge in [-0.05, 0) is 24.3 Å². The maximum absolute atomic E-state index is 9.10. The van der Waals surface area contributed by atoms with Crippen LogP contribution in [0.25, 0.3) is 0 Å². The van der Waals surface area contributed by atoms with Crippen molar-refractivity contribution in [1.29, 1.82) is 0 Å². The summed E-state index contributed by atoms with van der Waals surface area (Å²) in [7, 11) is 0. The summed E-state index contributed by atoms with van der Waals surface area (Å²) in [6.45, 7) is 1.05. The largest absolute Gasteiger partial charge is 0.508 e. The van der Waals surface area contributed by atoms with E-state index < -0.39 is 0 Å². The van der Waals surface area contributed by atoms with Crippen molar-refractivity contribution in [2.75, 3.05) is 13.2 Å². The van der Waals surface area contributed by atoms with Gasteiger partial charge in [0, 0.05) is 12.1 Å². The second kappa shape index (κ2) is 3.67. The van der Waals surface area contributed by atoms with Crippen molar-refractivity contribution in [2.45, 2.75) is 6.04 Å². The van der Waals surface area contributed by atoms with Gasteiger partial charge in [0.15, 0.2) is 0 Å². The fourth-order valence-electron chi connectivity index (χ4n) is 1.30. The summed E-state index contributed by atoms with van der Waals surface area (Å²) in [5, 5.41) is 9.10. The van der Waals surface area contributed by atoms with Crippen molar-refractivity contribution in [1.82, 2.24) is 0 Å². The van der Waals surface area contributed by atoms with Gasteiger partial charge in [0.2, 0.25) is 5.90 Å². The second-order valence-electron chi connectivity index (χ2n) is 3.18. The molecule has 0 saturated carbocycles. The Balaban J connectivity index is 2.20. The summed E-state index contributed by atoms with van der Waals surface area (Å²) < 4.78 is 5.37. The van der Waals surface area contributed by atoms with Crippen LogP contribution in [0.2, 0.25) is 0 Å². The van der Waals surface area contributed by atoms with Crippen LogP contribution in [0.1, 0.15) is 5.56 Å². The van der Waals surface area contributed by atoms with E-state index in [4.69, 9.17) is 15.6 Å². The zero-order chi connectivity index (χ0) is 9.97. The SMILES string of the molecule is NCC1COC(c2ccc(O)cc2)=N1. The van der Waals surface area contributed by atoms with E-state index in [1.54, 1.807) is 24.3 Å². The van der Waals surface area contributed by atoms with Crippen molar-refractivity contribution in [2.24, 2.45) is 10.7 Å². The van der Waals surface area contributed by atoms with Crippen molar-refractivity contribution in [3.8, 4) is 5.75 Å². The van der Waals surface area contributed by atoms with Gasteiger partial charge in [-0.2, -0.15) is 0 Å². The Hall–Kier alpha value is -1.55. The second-order valence-corrected chi connectivity index (χ2v) is 3.18. The standard InChI is InChI=1S/C10H12N2O2/c11-5-8-6-14-10(12-8)7-1-3-9(13)4-2-7/h1-4,8,13H,5-6,11H2. The number of phenols is 1. The molecule has 4 nitrogen and oxygen atoms in total. The lowest BCUT2D eigenvalue weighted by molar-refractivity contribution is 0.319. The van der Waals surface area contributed by atoms with E-state index in [1.165, 1.54) is 0 Å². The number of ether oxygens (including phenoxy) is 1. The fourth-order valence-corrected chi connectivity index (χ4v) is 1.30. The van der Waals surface area contributed by atoms with Crippen LogP contribution in [0.4, 0.5) is 0 Å². The average Bonchev–Trinajstić information content (AvgIpc) is 2.67. The highest BCUT2D eigenvalue weighted by Crippen LogP contribution is 2.14. The first-order valence-electron chi connectivity index (χ1n) is 4.49. The van der Waals surface area contributed by atoms with Crippen molar-refractivity contribution < 1.29 is 9.84 Å². The summed E-state index contributed by atoms with van der Waals surface area (Å²) in [5.74, 6) is 0.850. The number of aliphatic imine (C=N–C) groups is 1. The van der Waals surface area contributed by atoms with Crippen LogP contribution in [0.5, 0.6) is 5.75 Å². The number of rotatable bonds is 2. The van der Waals surface area contributed by atoms with E-state index >= 15 is 0 Å². The Morgan fingerprint density at radius 1 is 1.43 bits per heavy atom. The van der Waals surface area contributed by atoms with Gasteiger partial charge in [0.05, 0.1) is 0 Å². The molecular formula is C10H12N2O2. The molecule has 1 aromatic carbocycles. The van der Waals surface area contributed by atoms with Crippen LogP contribution < -0.4 is 5.73 Å². The Bertz CT molecular complexity index is 346. The van der Waals surface area contributed by atoms with E-state index in [9.17, 15) is 0 Å². The molecule has 3 N–H and O–H groups in total. The van der Waals surface area contributed by atoms with Gasteiger partial charge in [0.25, 0.3) is 0 Å². The summed E-state index contributed by atoms with van der Waals surface area (Å²) >= 11 is 0. The van der Waals surface area contributed by atoms with Crippen LogP contribution >= 0.6 is 0 Å². The summed E-state index contributed by atoms with van der Waals surface area (Å²) in [5.41, 5.74) is 6.34. The molecule has 1 heterocycles. The van der Waals surface area contributed by atoms with Gasteiger partial charge >= 0.3 is 0 Å². The Morgan fingerprint density at radius 2 is 2.14 bits per heavy atom. The predicted molar refractivity (Wildman–Crippen MR) is 53.4 cm³/mol. The van der Waals surface area contributed by atoms with Crippen molar-refractivity contribution >= 4 is 5.90 Å². The molecule has 74 valence electrons. The summed E-state index contributed by atoms with van der Waals surface area (Å²) in [6.07, 6.45) is 0. The minimum atomic E-state index is 0.0683. The molecule has 14 heavy (non-hydrogen) atoms. The Morgan fingerprint density at radius 3 is 2.71 bits per heavy atom. The topological polar surface area (TPSA) is 67.8 Å². The third-order valence-corrected chi connectivity index (χ3v) is 2.10. The molecule has 1 aliphatic rings. The highest BCUT2D eigenvalue weighted by Gasteiger charge is 2.18. The third-order valence-electron chi connectivity index (χ3n) is 2.10. The minimum Gasteiger partial charge on any atom is -0.508 e. The van der Waals surface area contributed by atoms with Gasteiger partial charge in [-0.15, -0.1) is 0 Å². The van der Waals surface area contributed by atoms with Crippen molar-refractivity contribution in [3.05, 3.63) is 29.8 Å². The van der Waals surface area contributed by atoms with Crippen LogP contribution in [-0.4, -0.2) is 30.2 Å². The van der Waals surface area contributed by atoms with E-state index in [0.717, 1.165) is 5.56 Å². The lowest BCUT2D eigenvalue weighted by atomic mass is 10.2. The van der Waals surface area contributed by atoms with Gasteiger partial charge in [0.1, 0.15) is 18.4 Å². The number of benzene rings is 1. The highest BCUT2D eigenvalue weighted by molar-refractivity contribution is 5.95. The number of phenolic OH excluding ortho intramolecular Hbond substituents is 1. The molecule has 0 saturated heterocycles. The van der Waals surface area contributed by atoms with E-state index in [-0.39, 0.29) is 11.8 Å². The maximum Gasteiger partial charge on any atom is 0.216 e. The molecule has 0 amide bonds. The van der Waals surface area contributed by atoms with E-state index in [1.807, 2.05) is 0 Å². The first-order chi connectivity index (χ1) is 6.79. The monoisotopic (exact) mass is 192 g/mol. The molecule has 0 fully saturated rings. The Labute approximate surface area is 82.0 Å². The van der Waals surface area contributed by atoms with E-state index in [0.29, 0.717) is 19.0 Å². The first kappa shape index (κ1) is 9.02. The third kappa shape index (κ3) is 1.70. The molecule has 1 unspecified atom stereocenters. The smallest absolute Gasteiger partial charge is 0.216 e. The van der Waals surface area contributed by atoms with E-state index in [2.05, 4.69) is 4.99 Å². The average molecular weight is 192 g/mol. The molecule has 0 spiro atoms. The van der Waals surface area contributed by atoms with Gasteiger partial charge in [-0.3, -0.25) is 0 Å². The van der Waals surface area contributed by atoms with Crippen LogP contribution in [0, 0.1) is 0 Å². The van der Waals surface area contributed by atoms with Gasteiger partial charge in [-0.1, -0.05) is 0 Å². The first-order valence-corrected chi connectivity index (χ1v) is 4.49. The molecule has 1 aliphatic heterocycles. The highest BCUT2D eigenvalue weighted by atomic mass is 16.5. The summed E-state index contributed by atoms with van der Waals surface area (Å²) in [6, 6.07) is 6.83. The molecule has 0 bridgehead atoms. The number of nitrogens with zero attached hydrogens (tertiary/aromatic N) is 1. The lowest BCUT2D eigenvalue weighted by Gasteiger charge is -2.00. The number of nitrogens with two attached hydrogens (primary N) is 1. The molecule has 2 rings (SSSR count). The molecular weight excluding hydrogens is 180 g/mol.